The first kappa shape index (κ1) is 21.1. The van der Waals surface area contributed by atoms with Crippen LogP contribution in [0.4, 0.5) is 16.8 Å². The molecule has 4 rings (SSSR count). The lowest BCUT2D eigenvalue weighted by Crippen LogP contribution is -2.24. The lowest BCUT2D eigenvalue weighted by Gasteiger charge is -2.16. The molecule has 1 aromatic carbocycles. The molecule has 1 saturated heterocycles. The molecule has 1 atom stereocenters. The highest BCUT2D eigenvalue weighted by molar-refractivity contribution is 7.98. The average Bonchev–Trinajstić information content (AvgIpc) is 3.32. The number of rotatable bonds is 8. The van der Waals surface area contributed by atoms with Gasteiger partial charge in [-0.25, -0.2) is 23.4 Å². The number of aromatic nitrogens is 3. The van der Waals surface area contributed by atoms with Gasteiger partial charge in [0.1, 0.15) is 0 Å². The maximum Gasteiger partial charge on any atom is 0.235 e. The molecular weight excluding hydrogens is 440 g/mol. The van der Waals surface area contributed by atoms with E-state index in [1.807, 2.05) is 36.8 Å². The quantitative estimate of drug-likeness (QED) is 0.489. The molecule has 1 aliphatic rings. The normalized spacial score (nSPS) is 16.7. The summed E-state index contributed by atoms with van der Waals surface area (Å²) in [5.74, 6) is 1.19. The zero-order valence-electron chi connectivity index (χ0n) is 16.8. The fourth-order valence-corrected chi connectivity index (χ4v) is 5.96. The summed E-state index contributed by atoms with van der Waals surface area (Å²) in [5.41, 5.74) is 1.59. The smallest absolute Gasteiger partial charge is 0.235 e. The average molecular weight is 465 g/mol. The zero-order chi connectivity index (χ0) is 21.1. The Labute approximate surface area is 184 Å². The van der Waals surface area contributed by atoms with Gasteiger partial charge in [0.2, 0.25) is 16.0 Å². The fourth-order valence-electron chi connectivity index (χ4n) is 3.19. The van der Waals surface area contributed by atoms with E-state index >= 15 is 0 Å². The number of nitrogens with zero attached hydrogens (tertiary/aromatic N) is 4. The van der Waals surface area contributed by atoms with Crippen LogP contribution in [0.3, 0.4) is 0 Å². The predicted octanol–water partition coefficient (Wildman–Crippen LogP) is 3.51. The topological polar surface area (TPSA) is 100 Å². The number of benzene rings is 1. The molecule has 1 aliphatic heterocycles. The van der Waals surface area contributed by atoms with E-state index in [0.717, 1.165) is 39.0 Å². The van der Waals surface area contributed by atoms with E-state index in [1.165, 1.54) is 15.6 Å². The molecule has 3 aromatic rings. The minimum absolute atomic E-state index is 0.221. The molecule has 2 N–H and O–H groups in total. The van der Waals surface area contributed by atoms with E-state index in [9.17, 15) is 8.42 Å². The number of hydrogen-bond donors (Lipinski definition) is 2. The lowest BCUT2D eigenvalue weighted by molar-refractivity contribution is 0.599. The second-order valence-electron chi connectivity index (χ2n) is 7.23. The van der Waals surface area contributed by atoms with Gasteiger partial charge in [0.25, 0.3) is 0 Å². The molecule has 1 unspecified atom stereocenters. The van der Waals surface area contributed by atoms with Crippen LogP contribution >= 0.6 is 23.1 Å². The largest absolute Gasteiger partial charge is 0.361 e. The molecule has 30 heavy (non-hydrogen) atoms. The number of thiazole rings is 1. The monoisotopic (exact) mass is 464 g/mol. The maximum atomic E-state index is 12.2. The molecule has 160 valence electrons. The minimum atomic E-state index is -3.17. The first-order valence-electron chi connectivity index (χ1n) is 9.69. The number of nitrogens with one attached hydrogen (secondary N) is 2. The third kappa shape index (κ3) is 4.79. The van der Waals surface area contributed by atoms with Crippen LogP contribution in [0.1, 0.15) is 13.3 Å². The van der Waals surface area contributed by atoms with Gasteiger partial charge in [0, 0.05) is 36.9 Å². The van der Waals surface area contributed by atoms with E-state index in [0.29, 0.717) is 24.8 Å². The first-order valence-corrected chi connectivity index (χ1v) is 13.3. The highest BCUT2D eigenvalue weighted by Gasteiger charge is 2.28. The highest BCUT2D eigenvalue weighted by atomic mass is 32.2. The van der Waals surface area contributed by atoms with E-state index in [1.54, 1.807) is 11.8 Å². The van der Waals surface area contributed by atoms with Crippen LogP contribution in [-0.4, -0.2) is 55.0 Å². The molecule has 0 bridgehead atoms. The predicted molar refractivity (Wildman–Crippen MR) is 125 cm³/mol. The van der Waals surface area contributed by atoms with Crippen molar-refractivity contribution >= 4 is 60.1 Å². The highest BCUT2D eigenvalue weighted by Crippen LogP contribution is 2.32. The summed E-state index contributed by atoms with van der Waals surface area (Å²) in [5, 5.41) is 7.47. The van der Waals surface area contributed by atoms with E-state index < -0.39 is 10.0 Å². The molecular formula is C19H24N6O2S3. The zero-order valence-corrected chi connectivity index (χ0v) is 19.3. The second kappa shape index (κ2) is 8.94. The number of sulfonamides is 1. The Morgan fingerprint density at radius 3 is 2.70 bits per heavy atom. The van der Waals surface area contributed by atoms with Gasteiger partial charge in [-0.2, -0.15) is 0 Å². The van der Waals surface area contributed by atoms with Crippen molar-refractivity contribution in [2.75, 3.05) is 46.6 Å². The van der Waals surface area contributed by atoms with Gasteiger partial charge >= 0.3 is 0 Å². The molecule has 1 fully saturated rings. The van der Waals surface area contributed by atoms with Gasteiger partial charge in [-0.1, -0.05) is 18.3 Å². The standard InChI is InChI=1S/C19H24N6O2S3/c1-13(9-20-18-21-11-15(28-2)12-22-18)10-23-19-24-16-5-4-14(8-17(16)29-19)25-6-3-7-30(25,26)27/h4-5,8,11-13H,3,6-7,9-10H2,1-2H3,(H,23,24)(H,20,21,22). The Hall–Kier alpha value is -2.11. The number of anilines is 3. The van der Waals surface area contributed by atoms with Gasteiger partial charge in [-0.05, 0) is 36.8 Å². The van der Waals surface area contributed by atoms with Gasteiger partial charge in [-0.3, -0.25) is 4.31 Å². The second-order valence-corrected chi connectivity index (χ2v) is 11.1. The Morgan fingerprint density at radius 2 is 2.00 bits per heavy atom. The molecule has 11 heteroatoms. The van der Waals surface area contributed by atoms with E-state index in [4.69, 9.17) is 0 Å². The molecule has 8 nitrogen and oxygen atoms in total. The van der Waals surface area contributed by atoms with Gasteiger partial charge in [0.05, 0.1) is 21.7 Å². The van der Waals surface area contributed by atoms with Crippen LogP contribution in [0.2, 0.25) is 0 Å². The van der Waals surface area contributed by atoms with Crippen LogP contribution in [0.5, 0.6) is 0 Å². The van der Waals surface area contributed by atoms with Crippen molar-refractivity contribution < 1.29 is 8.42 Å². The van der Waals surface area contributed by atoms with Gasteiger partial charge in [-0.15, -0.1) is 11.8 Å². The first-order chi connectivity index (χ1) is 14.4. The van der Waals surface area contributed by atoms with Crippen molar-refractivity contribution in [3.05, 3.63) is 30.6 Å². The minimum Gasteiger partial charge on any atom is -0.361 e. The molecule has 0 aliphatic carbocycles. The van der Waals surface area contributed by atoms with Crippen molar-refractivity contribution in [3.63, 3.8) is 0 Å². The number of hydrogen-bond acceptors (Lipinski definition) is 9. The summed E-state index contributed by atoms with van der Waals surface area (Å²) < 4.78 is 26.8. The van der Waals surface area contributed by atoms with Gasteiger partial charge in [0.15, 0.2) is 5.13 Å². The van der Waals surface area contributed by atoms with E-state index in [-0.39, 0.29) is 5.75 Å². The fraction of sp³-hybridized carbons (Fsp3) is 0.421. The lowest BCUT2D eigenvalue weighted by atomic mass is 10.2. The summed E-state index contributed by atoms with van der Waals surface area (Å²) in [4.78, 5) is 14.3. The third-order valence-electron chi connectivity index (χ3n) is 4.83. The molecule has 3 heterocycles. The Morgan fingerprint density at radius 1 is 1.23 bits per heavy atom. The summed E-state index contributed by atoms with van der Waals surface area (Å²) in [6.45, 7) is 4.18. The van der Waals surface area contributed by atoms with Crippen LogP contribution in [0, 0.1) is 5.92 Å². The van der Waals surface area contributed by atoms with Crippen LogP contribution in [0.25, 0.3) is 10.2 Å². The maximum absolute atomic E-state index is 12.2. The van der Waals surface area contributed by atoms with E-state index in [2.05, 4.69) is 32.5 Å². The summed E-state index contributed by atoms with van der Waals surface area (Å²) in [6, 6.07) is 5.64. The van der Waals surface area contributed by atoms with Crippen molar-refractivity contribution in [2.24, 2.45) is 5.92 Å². The Balaban J connectivity index is 1.34. The number of fused-ring (bicyclic) bond motifs is 1. The molecule has 2 aromatic heterocycles. The Kier molecular flexibility index (Phi) is 6.30. The SMILES string of the molecule is CSc1cnc(NCC(C)CNc2nc3ccc(N4CCCS4(=O)=O)cc3s2)nc1. The van der Waals surface area contributed by atoms with Crippen LogP contribution < -0.4 is 14.9 Å². The molecule has 0 amide bonds. The molecule has 0 spiro atoms. The van der Waals surface area contributed by atoms with Crippen LogP contribution in [0.15, 0.2) is 35.5 Å². The van der Waals surface area contributed by atoms with Crippen molar-refractivity contribution in [1.29, 1.82) is 0 Å². The summed E-state index contributed by atoms with van der Waals surface area (Å²) >= 11 is 3.16. The van der Waals surface area contributed by atoms with Crippen LogP contribution in [-0.2, 0) is 10.0 Å². The molecule has 0 saturated carbocycles. The number of thioether (sulfide) groups is 1. The van der Waals surface area contributed by atoms with Crippen molar-refractivity contribution in [1.82, 2.24) is 15.0 Å². The summed E-state index contributed by atoms with van der Waals surface area (Å²) in [6.07, 6.45) is 6.29. The summed E-state index contributed by atoms with van der Waals surface area (Å²) in [7, 11) is -3.17. The third-order valence-corrected chi connectivity index (χ3v) is 8.36. The van der Waals surface area contributed by atoms with Crippen molar-refractivity contribution in [3.8, 4) is 0 Å². The van der Waals surface area contributed by atoms with Gasteiger partial charge < -0.3 is 10.6 Å². The molecule has 0 radical (unpaired) electrons. The Bertz CT molecular complexity index is 1120. The van der Waals surface area contributed by atoms with Crippen molar-refractivity contribution in [2.45, 2.75) is 18.2 Å².